The van der Waals surface area contributed by atoms with Gasteiger partial charge in [-0.1, -0.05) is 5.16 Å². The van der Waals surface area contributed by atoms with E-state index in [2.05, 4.69) is 20.8 Å². The summed E-state index contributed by atoms with van der Waals surface area (Å²) in [7, 11) is 0. The van der Waals surface area contributed by atoms with E-state index in [0.29, 0.717) is 0 Å². The third-order valence-electron chi connectivity index (χ3n) is 5.67. The minimum absolute atomic E-state index is 0.0303. The Morgan fingerprint density at radius 1 is 0.956 bits per heavy atom. The molecule has 0 bridgehead atoms. The first-order valence-electron chi connectivity index (χ1n) is 13.6. The molecule has 45 heavy (non-hydrogen) atoms. The molecule has 1 fully saturated rings. The van der Waals surface area contributed by atoms with E-state index in [9.17, 15) is 28.8 Å². The van der Waals surface area contributed by atoms with Crippen molar-refractivity contribution in [3.63, 3.8) is 0 Å². The average Bonchev–Trinajstić information content (AvgIpc) is 3.35. The number of ether oxygens (including phenoxy) is 5. The molecule has 0 radical (unpaired) electrons. The summed E-state index contributed by atoms with van der Waals surface area (Å²) in [5, 5.41) is 10.1. The van der Waals surface area contributed by atoms with Crippen LogP contribution in [0.3, 0.4) is 0 Å². The maximum absolute atomic E-state index is 13.2. The summed E-state index contributed by atoms with van der Waals surface area (Å²) in [6.07, 6.45) is -2.38. The number of nitrogens with one attached hydrogen (secondary N) is 2. The van der Waals surface area contributed by atoms with E-state index in [4.69, 9.17) is 34.3 Å². The van der Waals surface area contributed by atoms with E-state index in [1.165, 1.54) is 26.2 Å². The summed E-state index contributed by atoms with van der Waals surface area (Å²) < 4.78 is 25.2. The molecule has 0 spiro atoms. The highest BCUT2D eigenvalue weighted by atomic mass is 32.1. The highest BCUT2D eigenvalue weighted by Gasteiger charge is 2.44. The topological polar surface area (TPSA) is 233 Å². The van der Waals surface area contributed by atoms with E-state index in [1.807, 2.05) is 0 Å². The number of carbonyl (C=O) groups is 6. The van der Waals surface area contributed by atoms with Crippen LogP contribution in [-0.4, -0.2) is 83.9 Å². The summed E-state index contributed by atoms with van der Waals surface area (Å²) in [6, 6.07) is -1.27. The first kappa shape index (κ1) is 36.9. The fraction of sp³-hybridized carbons (Fsp3) is 0.630. The summed E-state index contributed by atoms with van der Waals surface area (Å²) in [5.74, 6) is -4.63. The van der Waals surface area contributed by atoms with Crippen molar-refractivity contribution in [2.24, 2.45) is 16.0 Å². The molecule has 2 amide bonds. The van der Waals surface area contributed by atoms with Crippen LogP contribution in [0.5, 0.6) is 0 Å². The van der Waals surface area contributed by atoms with Crippen LogP contribution in [0, 0.1) is 10.8 Å². The molecule has 1 unspecified atom stereocenters. The van der Waals surface area contributed by atoms with Crippen molar-refractivity contribution in [3.05, 3.63) is 11.1 Å². The number of nitrogens with zero attached hydrogens (tertiary/aromatic N) is 2. The minimum Gasteiger partial charge on any atom is -0.427 e. The van der Waals surface area contributed by atoms with Gasteiger partial charge in [0.25, 0.3) is 5.91 Å². The molecule has 0 aliphatic carbocycles. The van der Waals surface area contributed by atoms with E-state index < -0.39 is 89.8 Å². The Balaban J connectivity index is 2.05. The van der Waals surface area contributed by atoms with E-state index in [-0.39, 0.29) is 10.8 Å². The number of anilines is 1. The first-order chi connectivity index (χ1) is 20.6. The fourth-order valence-electron chi connectivity index (χ4n) is 2.89. The maximum Gasteiger partial charge on any atom is 0.355 e. The lowest BCUT2D eigenvalue weighted by molar-refractivity contribution is -0.188. The van der Waals surface area contributed by atoms with Gasteiger partial charge in [-0.3, -0.25) is 19.2 Å². The zero-order valence-corrected chi connectivity index (χ0v) is 27.3. The van der Waals surface area contributed by atoms with Gasteiger partial charge in [0.05, 0.1) is 10.8 Å². The van der Waals surface area contributed by atoms with Crippen LogP contribution in [0.15, 0.2) is 10.5 Å². The molecule has 0 saturated carbocycles. The van der Waals surface area contributed by atoms with Crippen molar-refractivity contribution in [2.45, 2.75) is 86.3 Å². The van der Waals surface area contributed by atoms with Crippen molar-refractivity contribution < 1.29 is 57.3 Å². The molecule has 4 N–H and O–H groups in total. The smallest absolute Gasteiger partial charge is 0.355 e. The molecule has 2 rings (SSSR count). The standard InChI is InChI=1S/C27H39N5O12S/c1-13(20(35)39-11-40-21(36)25(2,3)4)43-19-16(18(34)31-19)30-17(33)15(14-10-45-24(28)29-14)32-44-27(8,9)23(38)42-12-41-22(37)26(5,6)7/h10,13,16,19H,11-12H2,1-9H3,(H2,28,29)(H,30,33)(H,31,34)/t13?,16-,19+/m1/s1. The molecule has 1 aliphatic rings. The molecule has 1 aromatic rings. The Morgan fingerprint density at radius 3 is 1.98 bits per heavy atom. The lowest BCUT2D eigenvalue weighted by atomic mass is 9.97. The van der Waals surface area contributed by atoms with Crippen molar-refractivity contribution >= 4 is 57.9 Å². The summed E-state index contributed by atoms with van der Waals surface area (Å²) in [4.78, 5) is 83.4. The van der Waals surface area contributed by atoms with E-state index >= 15 is 0 Å². The van der Waals surface area contributed by atoms with Crippen LogP contribution >= 0.6 is 11.3 Å². The van der Waals surface area contributed by atoms with E-state index in [0.717, 1.165) is 11.3 Å². The lowest BCUT2D eigenvalue weighted by Gasteiger charge is -2.37. The number of oxime groups is 1. The van der Waals surface area contributed by atoms with Crippen molar-refractivity contribution in [1.82, 2.24) is 15.6 Å². The fourth-order valence-corrected chi connectivity index (χ4v) is 3.44. The third-order valence-corrected chi connectivity index (χ3v) is 6.35. The molecule has 0 aromatic carbocycles. The van der Waals surface area contributed by atoms with Crippen LogP contribution < -0.4 is 16.4 Å². The predicted molar refractivity (Wildman–Crippen MR) is 156 cm³/mol. The number of hydrogen-bond acceptors (Lipinski definition) is 16. The molecule has 17 nitrogen and oxygen atoms in total. The second-order valence-electron chi connectivity index (χ2n) is 12.3. The van der Waals surface area contributed by atoms with Crippen molar-refractivity contribution in [2.75, 3.05) is 19.3 Å². The van der Waals surface area contributed by atoms with Gasteiger partial charge in [-0.15, -0.1) is 11.3 Å². The summed E-state index contributed by atoms with van der Waals surface area (Å²) in [6.45, 7) is 12.4. The van der Waals surface area contributed by atoms with Crippen LogP contribution in [0.1, 0.15) is 68.0 Å². The Morgan fingerprint density at radius 2 is 1.49 bits per heavy atom. The van der Waals surface area contributed by atoms with Gasteiger partial charge in [0.2, 0.25) is 25.1 Å². The first-order valence-corrected chi connectivity index (χ1v) is 14.4. The number of nitrogens with two attached hydrogens (primary N) is 1. The number of hydrogen-bond donors (Lipinski definition) is 3. The largest absolute Gasteiger partial charge is 0.427 e. The maximum atomic E-state index is 13.2. The second kappa shape index (κ2) is 14.6. The number of carbonyl (C=O) groups excluding carboxylic acids is 6. The molecule has 1 aliphatic heterocycles. The van der Waals surface area contributed by atoms with Gasteiger partial charge in [-0.05, 0) is 62.3 Å². The van der Waals surface area contributed by atoms with Gasteiger partial charge in [0.15, 0.2) is 29.2 Å². The number of rotatable bonds is 13. The number of thiazole rings is 1. The van der Waals surface area contributed by atoms with Crippen LogP contribution in [0.4, 0.5) is 5.13 Å². The Bertz CT molecular complexity index is 1330. The molecule has 3 atom stereocenters. The third kappa shape index (κ3) is 10.7. The molecule has 1 saturated heterocycles. The quantitative estimate of drug-likeness (QED) is 0.0873. The Kier molecular flexibility index (Phi) is 12.0. The van der Waals surface area contributed by atoms with Gasteiger partial charge >= 0.3 is 23.9 Å². The molecule has 2 heterocycles. The molecular weight excluding hydrogens is 618 g/mol. The Hall–Kier alpha value is -4.32. The minimum atomic E-state index is -1.77. The van der Waals surface area contributed by atoms with E-state index in [1.54, 1.807) is 41.5 Å². The van der Waals surface area contributed by atoms with Gasteiger partial charge in [-0.2, -0.15) is 0 Å². The number of nitrogen functional groups attached to an aromatic ring is 1. The van der Waals surface area contributed by atoms with Gasteiger partial charge < -0.3 is 44.9 Å². The normalized spacial score (nSPS) is 17.6. The molecule has 1 aromatic heterocycles. The lowest BCUT2D eigenvalue weighted by Crippen LogP contribution is -2.71. The Labute approximate surface area is 263 Å². The second-order valence-corrected chi connectivity index (χ2v) is 13.2. The predicted octanol–water partition coefficient (Wildman–Crippen LogP) is 0.750. The molecule has 18 heteroatoms. The number of β-lactam (4-membered cyclic amide) rings is 1. The van der Waals surface area contributed by atoms with Gasteiger partial charge in [-0.25, -0.2) is 14.6 Å². The zero-order chi connectivity index (χ0) is 34.3. The van der Waals surface area contributed by atoms with Gasteiger partial charge in [0.1, 0.15) is 5.69 Å². The zero-order valence-electron chi connectivity index (χ0n) is 26.5. The number of amides is 2. The van der Waals surface area contributed by atoms with Crippen LogP contribution in [0.25, 0.3) is 0 Å². The molecule has 250 valence electrons. The van der Waals surface area contributed by atoms with Gasteiger partial charge in [0, 0.05) is 5.38 Å². The van der Waals surface area contributed by atoms with Crippen molar-refractivity contribution in [1.29, 1.82) is 0 Å². The number of aromatic nitrogens is 1. The average molecular weight is 658 g/mol. The van der Waals surface area contributed by atoms with Crippen LogP contribution in [-0.2, 0) is 57.3 Å². The monoisotopic (exact) mass is 657 g/mol. The summed E-state index contributed by atoms with van der Waals surface area (Å²) in [5.41, 5.74) is 1.85. The highest BCUT2D eigenvalue weighted by molar-refractivity contribution is 7.13. The molecular formula is C27H39N5O12S. The van der Waals surface area contributed by atoms with Crippen LogP contribution in [0.2, 0.25) is 0 Å². The highest BCUT2D eigenvalue weighted by Crippen LogP contribution is 2.19. The SMILES string of the molecule is CC(O[C@@H]1NC(=O)[C@H]1NC(=O)C(=NOC(C)(C)C(=O)OCOC(=O)C(C)(C)C)c1csc(N)n1)C(=O)OCOC(=O)C(C)(C)C. The van der Waals surface area contributed by atoms with Crippen molar-refractivity contribution in [3.8, 4) is 0 Å². The summed E-state index contributed by atoms with van der Waals surface area (Å²) >= 11 is 0.990. The number of esters is 4.